The summed E-state index contributed by atoms with van der Waals surface area (Å²) in [4.78, 5) is 12.3. The Morgan fingerprint density at radius 3 is 2.50 bits per heavy atom. The molecule has 1 aromatic carbocycles. The molecule has 26 heavy (non-hydrogen) atoms. The Hall–Kier alpha value is -1.64. The lowest BCUT2D eigenvalue weighted by molar-refractivity contribution is -0.117. The topological polar surface area (TPSA) is 102 Å². The summed E-state index contributed by atoms with van der Waals surface area (Å²) in [6, 6.07) is 3.98. The number of carbonyl (C=O) groups is 1. The minimum atomic E-state index is -3.68. The van der Waals surface area contributed by atoms with Gasteiger partial charge in [0.2, 0.25) is 15.9 Å². The normalized spacial score (nSPS) is 17.1. The molecule has 0 radical (unpaired) electrons. The molecule has 2 rings (SSSR count). The van der Waals surface area contributed by atoms with Crippen LogP contribution in [0.3, 0.4) is 0 Å². The number of methoxy groups -OCH3 is 1. The number of anilines is 1. The highest BCUT2D eigenvalue weighted by Crippen LogP contribution is 2.31. The SMILES string of the molecule is COc1ccc(NC(=O)[C@@H](N)CC(C)C)cc1S(=O)(=O)N1CCCCC1. The van der Waals surface area contributed by atoms with Gasteiger partial charge in [-0.2, -0.15) is 4.31 Å². The second-order valence-electron chi connectivity index (χ2n) is 7.06. The van der Waals surface area contributed by atoms with E-state index in [2.05, 4.69) is 5.32 Å². The number of carbonyl (C=O) groups excluding carboxylic acids is 1. The lowest BCUT2D eigenvalue weighted by atomic mass is 10.0. The number of nitrogens with two attached hydrogens (primary N) is 1. The highest BCUT2D eigenvalue weighted by Gasteiger charge is 2.29. The Balaban J connectivity index is 2.26. The fraction of sp³-hybridized carbons (Fsp3) is 0.611. The number of amides is 1. The number of ether oxygens (including phenoxy) is 1. The number of benzene rings is 1. The number of rotatable bonds is 7. The van der Waals surface area contributed by atoms with Crippen molar-refractivity contribution < 1.29 is 17.9 Å². The Kier molecular flexibility index (Phi) is 7.02. The molecule has 1 heterocycles. The van der Waals surface area contributed by atoms with Crippen molar-refractivity contribution in [2.45, 2.75) is 50.5 Å². The van der Waals surface area contributed by atoms with Crippen molar-refractivity contribution >= 4 is 21.6 Å². The van der Waals surface area contributed by atoms with E-state index in [1.807, 2.05) is 13.8 Å². The molecule has 0 bridgehead atoms. The van der Waals surface area contributed by atoms with Gasteiger partial charge >= 0.3 is 0 Å². The average Bonchev–Trinajstić information content (AvgIpc) is 2.61. The van der Waals surface area contributed by atoms with Gasteiger partial charge < -0.3 is 15.8 Å². The lowest BCUT2D eigenvalue weighted by Crippen LogP contribution is -2.37. The fourth-order valence-electron chi connectivity index (χ4n) is 3.05. The first-order valence-electron chi connectivity index (χ1n) is 9.00. The van der Waals surface area contributed by atoms with Crippen molar-refractivity contribution in [3.63, 3.8) is 0 Å². The molecule has 0 aromatic heterocycles. The summed E-state index contributed by atoms with van der Waals surface area (Å²) in [5.74, 6) is 0.229. The number of hydrogen-bond donors (Lipinski definition) is 2. The lowest BCUT2D eigenvalue weighted by Gasteiger charge is -2.26. The molecule has 7 nitrogen and oxygen atoms in total. The molecule has 0 unspecified atom stereocenters. The summed E-state index contributed by atoms with van der Waals surface area (Å²) in [5.41, 5.74) is 6.29. The Bertz CT molecular complexity index is 728. The van der Waals surface area contributed by atoms with Crippen LogP contribution in [0.2, 0.25) is 0 Å². The highest BCUT2D eigenvalue weighted by molar-refractivity contribution is 7.89. The van der Waals surface area contributed by atoms with Crippen molar-refractivity contribution in [1.29, 1.82) is 0 Å². The first kappa shape index (κ1) is 20.7. The van der Waals surface area contributed by atoms with E-state index in [1.165, 1.54) is 17.5 Å². The molecule has 1 saturated heterocycles. The third-order valence-electron chi connectivity index (χ3n) is 4.43. The van der Waals surface area contributed by atoms with E-state index in [-0.39, 0.29) is 16.6 Å². The van der Waals surface area contributed by atoms with E-state index < -0.39 is 16.1 Å². The maximum Gasteiger partial charge on any atom is 0.246 e. The quantitative estimate of drug-likeness (QED) is 0.751. The molecule has 8 heteroatoms. The Morgan fingerprint density at radius 1 is 1.27 bits per heavy atom. The molecule has 1 aliphatic heterocycles. The minimum absolute atomic E-state index is 0.0668. The van der Waals surface area contributed by atoms with E-state index in [0.717, 1.165) is 19.3 Å². The molecule has 146 valence electrons. The smallest absolute Gasteiger partial charge is 0.246 e. The van der Waals surface area contributed by atoms with Crippen LogP contribution < -0.4 is 15.8 Å². The van der Waals surface area contributed by atoms with Gasteiger partial charge in [0.25, 0.3) is 0 Å². The van der Waals surface area contributed by atoms with Crippen LogP contribution in [0.5, 0.6) is 5.75 Å². The summed E-state index contributed by atoms with van der Waals surface area (Å²) in [7, 11) is -2.24. The largest absolute Gasteiger partial charge is 0.495 e. The van der Waals surface area contributed by atoms with E-state index >= 15 is 0 Å². The van der Waals surface area contributed by atoms with Crippen LogP contribution in [0.1, 0.15) is 39.5 Å². The predicted molar refractivity (Wildman–Crippen MR) is 102 cm³/mol. The number of nitrogens with zero attached hydrogens (tertiary/aromatic N) is 1. The molecule has 1 fully saturated rings. The van der Waals surface area contributed by atoms with Crippen LogP contribution in [0.25, 0.3) is 0 Å². The van der Waals surface area contributed by atoms with E-state index in [1.54, 1.807) is 12.1 Å². The molecule has 0 aliphatic carbocycles. The molecule has 1 aromatic rings. The van der Waals surface area contributed by atoms with Gasteiger partial charge in [0.15, 0.2) is 0 Å². The zero-order valence-corrected chi connectivity index (χ0v) is 16.5. The predicted octanol–water partition coefficient (Wildman–Crippen LogP) is 2.18. The van der Waals surface area contributed by atoms with Crippen LogP contribution in [-0.4, -0.2) is 44.9 Å². The van der Waals surface area contributed by atoms with Gasteiger partial charge in [0.1, 0.15) is 10.6 Å². The van der Waals surface area contributed by atoms with Gasteiger partial charge in [-0.05, 0) is 43.4 Å². The second-order valence-corrected chi connectivity index (χ2v) is 8.96. The zero-order chi connectivity index (χ0) is 19.3. The van der Waals surface area contributed by atoms with Crippen LogP contribution in [0.15, 0.2) is 23.1 Å². The molecular formula is C18H29N3O4S. The average molecular weight is 384 g/mol. The summed E-state index contributed by atoms with van der Waals surface area (Å²) >= 11 is 0. The summed E-state index contributed by atoms with van der Waals surface area (Å²) in [6.45, 7) is 4.98. The molecule has 1 atom stereocenters. The van der Waals surface area contributed by atoms with Gasteiger partial charge in [-0.1, -0.05) is 20.3 Å². The minimum Gasteiger partial charge on any atom is -0.495 e. The van der Waals surface area contributed by atoms with Gasteiger partial charge in [0, 0.05) is 18.8 Å². The first-order valence-corrected chi connectivity index (χ1v) is 10.4. The first-order chi connectivity index (χ1) is 12.3. The van der Waals surface area contributed by atoms with Crippen LogP contribution in [-0.2, 0) is 14.8 Å². The molecular weight excluding hydrogens is 354 g/mol. The molecule has 3 N–H and O–H groups in total. The second kappa shape index (κ2) is 8.83. The Morgan fingerprint density at radius 2 is 1.92 bits per heavy atom. The number of hydrogen-bond acceptors (Lipinski definition) is 5. The standard InChI is InChI=1S/C18H29N3O4S/c1-13(2)11-15(19)18(22)20-14-7-8-16(25-3)17(12-14)26(23,24)21-9-5-4-6-10-21/h7-8,12-13,15H,4-6,9-11,19H2,1-3H3,(H,20,22)/t15-/m0/s1. The maximum absolute atomic E-state index is 13.0. The Labute approximate surface area is 155 Å². The van der Waals surface area contributed by atoms with Crippen LogP contribution in [0, 0.1) is 5.92 Å². The molecule has 1 aliphatic rings. The summed E-state index contributed by atoms with van der Waals surface area (Å²) in [5, 5.41) is 2.71. The van der Waals surface area contributed by atoms with Crippen LogP contribution in [0.4, 0.5) is 5.69 Å². The van der Waals surface area contributed by atoms with Crippen molar-refractivity contribution in [3.05, 3.63) is 18.2 Å². The zero-order valence-electron chi connectivity index (χ0n) is 15.7. The van der Waals surface area contributed by atoms with Crippen molar-refractivity contribution in [3.8, 4) is 5.75 Å². The third kappa shape index (κ3) is 4.96. The third-order valence-corrected chi connectivity index (χ3v) is 6.35. The van der Waals surface area contributed by atoms with Gasteiger partial charge in [-0.15, -0.1) is 0 Å². The summed E-state index contributed by atoms with van der Waals surface area (Å²) in [6.07, 6.45) is 3.29. The fourth-order valence-corrected chi connectivity index (χ4v) is 4.75. The van der Waals surface area contributed by atoms with E-state index in [0.29, 0.717) is 31.1 Å². The van der Waals surface area contributed by atoms with E-state index in [4.69, 9.17) is 10.5 Å². The maximum atomic E-state index is 13.0. The van der Waals surface area contributed by atoms with Crippen molar-refractivity contribution in [2.75, 3.05) is 25.5 Å². The van der Waals surface area contributed by atoms with Crippen LogP contribution >= 0.6 is 0 Å². The molecule has 0 spiro atoms. The van der Waals surface area contributed by atoms with Gasteiger partial charge in [-0.25, -0.2) is 8.42 Å². The van der Waals surface area contributed by atoms with Crippen molar-refractivity contribution in [2.24, 2.45) is 11.7 Å². The van der Waals surface area contributed by atoms with Gasteiger partial charge in [0.05, 0.1) is 13.2 Å². The van der Waals surface area contributed by atoms with E-state index in [9.17, 15) is 13.2 Å². The summed E-state index contributed by atoms with van der Waals surface area (Å²) < 4.78 is 32.7. The molecule has 0 saturated carbocycles. The highest BCUT2D eigenvalue weighted by atomic mass is 32.2. The van der Waals surface area contributed by atoms with Gasteiger partial charge in [-0.3, -0.25) is 4.79 Å². The van der Waals surface area contributed by atoms with Crippen molar-refractivity contribution in [1.82, 2.24) is 4.31 Å². The monoisotopic (exact) mass is 383 g/mol. The number of sulfonamides is 1. The number of piperidine rings is 1. The number of nitrogens with one attached hydrogen (secondary N) is 1. The molecule has 1 amide bonds.